The van der Waals surface area contributed by atoms with Crippen molar-refractivity contribution in [3.63, 3.8) is 0 Å². The summed E-state index contributed by atoms with van der Waals surface area (Å²) in [5, 5.41) is 8.53. The largest absolute Gasteiger partial charge is 0.480 e. The van der Waals surface area contributed by atoms with Crippen molar-refractivity contribution in [2.24, 2.45) is 11.5 Å². The zero-order valence-corrected chi connectivity index (χ0v) is 9.03. The SMILES string of the molecule is CC(N)(/C=C\CCN)C(=O)O.Cl.Cl. The minimum Gasteiger partial charge on any atom is -0.480 e. The maximum Gasteiger partial charge on any atom is 0.327 e. The Kier molecular flexibility index (Phi) is 11.8. The minimum atomic E-state index is -1.27. The summed E-state index contributed by atoms with van der Waals surface area (Å²) in [6.07, 6.45) is 3.77. The Morgan fingerprint density at radius 1 is 1.54 bits per heavy atom. The average Bonchev–Trinajstić information content (AvgIpc) is 1.88. The first-order valence-corrected chi connectivity index (χ1v) is 3.40. The zero-order chi connectivity index (χ0) is 8.91. The Morgan fingerprint density at radius 2 is 2.00 bits per heavy atom. The van der Waals surface area contributed by atoms with Gasteiger partial charge in [-0.15, -0.1) is 24.8 Å². The maximum absolute atomic E-state index is 10.4. The van der Waals surface area contributed by atoms with Gasteiger partial charge in [0, 0.05) is 0 Å². The van der Waals surface area contributed by atoms with Crippen molar-refractivity contribution in [2.75, 3.05) is 6.54 Å². The molecule has 0 radical (unpaired) electrons. The Balaban J connectivity index is -0.000000500. The second kappa shape index (κ2) is 8.31. The van der Waals surface area contributed by atoms with Gasteiger partial charge in [-0.2, -0.15) is 0 Å². The summed E-state index contributed by atoms with van der Waals surface area (Å²) in [5.41, 5.74) is 9.30. The molecule has 4 nitrogen and oxygen atoms in total. The van der Waals surface area contributed by atoms with Crippen LogP contribution in [0.4, 0.5) is 0 Å². The van der Waals surface area contributed by atoms with Gasteiger partial charge in [-0.05, 0) is 19.9 Å². The fourth-order valence-corrected chi connectivity index (χ4v) is 0.496. The van der Waals surface area contributed by atoms with Crippen LogP contribution in [-0.4, -0.2) is 23.2 Å². The molecular formula is C7H16Cl2N2O2. The number of carboxylic acids is 1. The van der Waals surface area contributed by atoms with Crippen LogP contribution in [0.3, 0.4) is 0 Å². The molecular weight excluding hydrogens is 215 g/mol. The molecule has 1 atom stereocenters. The second-order valence-corrected chi connectivity index (χ2v) is 2.57. The fourth-order valence-electron chi connectivity index (χ4n) is 0.496. The summed E-state index contributed by atoms with van der Waals surface area (Å²) >= 11 is 0. The molecule has 0 saturated heterocycles. The van der Waals surface area contributed by atoms with Crippen LogP contribution in [-0.2, 0) is 4.79 Å². The molecule has 0 aliphatic heterocycles. The van der Waals surface area contributed by atoms with Crippen molar-refractivity contribution >= 4 is 30.8 Å². The molecule has 0 spiro atoms. The van der Waals surface area contributed by atoms with E-state index in [0.29, 0.717) is 13.0 Å². The number of carbonyl (C=O) groups is 1. The van der Waals surface area contributed by atoms with Crippen LogP contribution in [0.2, 0.25) is 0 Å². The van der Waals surface area contributed by atoms with Crippen LogP contribution in [0, 0.1) is 0 Å². The number of aliphatic carboxylic acids is 1. The maximum atomic E-state index is 10.4. The van der Waals surface area contributed by atoms with E-state index in [9.17, 15) is 4.79 Å². The molecule has 0 rings (SSSR count). The predicted octanol–water partition coefficient (Wildman–Crippen LogP) is 0.537. The van der Waals surface area contributed by atoms with Gasteiger partial charge in [0.2, 0.25) is 0 Å². The van der Waals surface area contributed by atoms with Crippen molar-refractivity contribution in [1.29, 1.82) is 0 Å². The van der Waals surface area contributed by atoms with Gasteiger partial charge in [0.15, 0.2) is 0 Å². The smallest absolute Gasteiger partial charge is 0.327 e. The lowest BCUT2D eigenvalue weighted by Gasteiger charge is -2.12. The van der Waals surface area contributed by atoms with Gasteiger partial charge in [-0.25, -0.2) is 4.79 Å². The molecule has 0 fully saturated rings. The topological polar surface area (TPSA) is 89.3 Å². The van der Waals surface area contributed by atoms with Crippen LogP contribution in [0.1, 0.15) is 13.3 Å². The molecule has 0 aromatic heterocycles. The molecule has 0 amide bonds. The number of halogens is 2. The van der Waals surface area contributed by atoms with E-state index in [4.69, 9.17) is 16.6 Å². The molecule has 5 N–H and O–H groups in total. The zero-order valence-electron chi connectivity index (χ0n) is 7.40. The molecule has 0 aliphatic carbocycles. The molecule has 0 aromatic rings. The third kappa shape index (κ3) is 8.05. The average molecular weight is 231 g/mol. The molecule has 0 heterocycles. The lowest BCUT2D eigenvalue weighted by molar-refractivity contribution is -0.140. The number of rotatable bonds is 4. The first-order valence-electron chi connectivity index (χ1n) is 3.40. The van der Waals surface area contributed by atoms with Gasteiger partial charge in [-0.3, -0.25) is 0 Å². The van der Waals surface area contributed by atoms with Gasteiger partial charge in [0.05, 0.1) is 0 Å². The summed E-state index contributed by atoms with van der Waals surface area (Å²) in [7, 11) is 0. The fraction of sp³-hybridized carbons (Fsp3) is 0.571. The van der Waals surface area contributed by atoms with E-state index >= 15 is 0 Å². The van der Waals surface area contributed by atoms with E-state index < -0.39 is 11.5 Å². The van der Waals surface area contributed by atoms with Gasteiger partial charge in [-0.1, -0.05) is 12.2 Å². The number of carboxylic acid groups (broad SMARTS) is 1. The van der Waals surface area contributed by atoms with E-state index in [1.807, 2.05) is 0 Å². The Bertz CT molecular complexity index is 172. The summed E-state index contributed by atoms with van der Waals surface area (Å²) in [5.74, 6) is -1.04. The second-order valence-electron chi connectivity index (χ2n) is 2.57. The first-order chi connectivity index (χ1) is 5.00. The minimum absolute atomic E-state index is 0. The highest BCUT2D eigenvalue weighted by Crippen LogP contribution is 2.01. The monoisotopic (exact) mass is 230 g/mol. The third-order valence-corrected chi connectivity index (χ3v) is 1.26. The normalized spacial score (nSPS) is 14.1. The molecule has 0 saturated carbocycles. The highest BCUT2D eigenvalue weighted by Gasteiger charge is 2.23. The van der Waals surface area contributed by atoms with E-state index in [-0.39, 0.29) is 24.8 Å². The van der Waals surface area contributed by atoms with Gasteiger partial charge < -0.3 is 16.6 Å². The molecule has 6 heteroatoms. The summed E-state index contributed by atoms with van der Waals surface area (Å²) < 4.78 is 0. The molecule has 0 bridgehead atoms. The third-order valence-electron chi connectivity index (χ3n) is 1.26. The Morgan fingerprint density at radius 3 is 2.31 bits per heavy atom. The van der Waals surface area contributed by atoms with Crippen LogP contribution < -0.4 is 11.5 Å². The number of nitrogens with two attached hydrogens (primary N) is 2. The molecule has 1 unspecified atom stereocenters. The molecule has 80 valence electrons. The highest BCUT2D eigenvalue weighted by atomic mass is 35.5. The van der Waals surface area contributed by atoms with Gasteiger partial charge in [0.1, 0.15) is 5.54 Å². The van der Waals surface area contributed by atoms with E-state index in [0.717, 1.165) is 0 Å². The lowest BCUT2D eigenvalue weighted by atomic mass is 10.0. The van der Waals surface area contributed by atoms with Gasteiger partial charge in [0.25, 0.3) is 0 Å². The number of hydrogen-bond acceptors (Lipinski definition) is 3. The van der Waals surface area contributed by atoms with Crippen molar-refractivity contribution in [3.05, 3.63) is 12.2 Å². The summed E-state index contributed by atoms with van der Waals surface area (Å²) in [6, 6.07) is 0. The number of hydrogen-bond donors (Lipinski definition) is 3. The van der Waals surface area contributed by atoms with Crippen LogP contribution in [0.5, 0.6) is 0 Å². The lowest BCUT2D eigenvalue weighted by Crippen LogP contribution is -2.42. The predicted molar refractivity (Wildman–Crippen MR) is 57.5 cm³/mol. The molecule has 0 aliphatic rings. The quantitative estimate of drug-likeness (QED) is 0.616. The highest BCUT2D eigenvalue weighted by molar-refractivity contribution is 5.85. The van der Waals surface area contributed by atoms with E-state index in [2.05, 4.69) is 0 Å². The van der Waals surface area contributed by atoms with Gasteiger partial charge >= 0.3 is 5.97 Å². The first kappa shape index (κ1) is 18.5. The van der Waals surface area contributed by atoms with Crippen LogP contribution >= 0.6 is 24.8 Å². The van der Waals surface area contributed by atoms with E-state index in [1.165, 1.54) is 13.0 Å². The Labute approximate surface area is 90.2 Å². The summed E-state index contributed by atoms with van der Waals surface area (Å²) in [4.78, 5) is 10.4. The van der Waals surface area contributed by atoms with Crippen molar-refractivity contribution < 1.29 is 9.90 Å². The van der Waals surface area contributed by atoms with Crippen molar-refractivity contribution in [2.45, 2.75) is 18.9 Å². The standard InChI is InChI=1S/C7H14N2O2.2ClH/c1-7(9,6(10)11)4-2-3-5-8;;/h2,4H,3,5,8-9H2,1H3,(H,10,11);2*1H/b4-2-;;. The van der Waals surface area contributed by atoms with Crippen LogP contribution in [0.25, 0.3) is 0 Å². The van der Waals surface area contributed by atoms with E-state index in [1.54, 1.807) is 6.08 Å². The van der Waals surface area contributed by atoms with Crippen molar-refractivity contribution in [3.8, 4) is 0 Å². The van der Waals surface area contributed by atoms with Crippen molar-refractivity contribution in [1.82, 2.24) is 0 Å². The van der Waals surface area contributed by atoms with Crippen LogP contribution in [0.15, 0.2) is 12.2 Å². The molecule has 0 aromatic carbocycles. The molecule has 13 heavy (non-hydrogen) atoms. The summed E-state index contributed by atoms with van der Waals surface area (Å²) in [6.45, 7) is 1.94. The Hall–Kier alpha value is -0.290.